The van der Waals surface area contributed by atoms with Crippen LogP contribution in [0, 0.1) is 0 Å². The standard InChI is InChI=1S/C12H16N4O/c13-12-11(7-14-16-12)15-10(8-17)6-9-4-2-1-3-5-9/h1-5,7,10,15,17H,6,8H2,(H3,13,14,16). The van der Waals surface area contributed by atoms with E-state index in [4.69, 9.17) is 5.73 Å². The van der Waals surface area contributed by atoms with Crippen molar-refractivity contribution in [3.8, 4) is 0 Å². The van der Waals surface area contributed by atoms with Gasteiger partial charge in [-0.05, 0) is 12.0 Å². The Morgan fingerprint density at radius 1 is 1.35 bits per heavy atom. The van der Waals surface area contributed by atoms with E-state index in [0.717, 1.165) is 12.1 Å². The molecule has 1 unspecified atom stereocenters. The molecule has 0 bridgehead atoms. The van der Waals surface area contributed by atoms with Crippen molar-refractivity contribution in [3.05, 3.63) is 42.1 Å². The van der Waals surface area contributed by atoms with Crippen LogP contribution in [0.5, 0.6) is 0 Å². The molecule has 5 heteroatoms. The Hall–Kier alpha value is -2.01. The fourth-order valence-corrected chi connectivity index (χ4v) is 1.69. The van der Waals surface area contributed by atoms with Gasteiger partial charge < -0.3 is 16.2 Å². The SMILES string of the molecule is Nc1[nH]ncc1NC(CO)Cc1ccccc1. The molecule has 17 heavy (non-hydrogen) atoms. The second kappa shape index (κ2) is 5.36. The molecule has 0 aliphatic heterocycles. The molecule has 0 aliphatic rings. The fraction of sp³-hybridized carbons (Fsp3) is 0.250. The summed E-state index contributed by atoms with van der Waals surface area (Å²) in [5.41, 5.74) is 7.56. The number of aliphatic hydroxyl groups excluding tert-OH is 1. The number of nitrogens with zero attached hydrogens (tertiary/aromatic N) is 1. The van der Waals surface area contributed by atoms with E-state index in [2.05, 4.69) is 15.5 Å². The van der Waals surface area contributed by atoms with Gasteiger partial charge in [0.25, 0.3) is 0 Å². The first-order chi connectivity index (χ1) is 8.29. The zero-order valence-electron chi connectivity index (χ0n) is 9.43. The second-order valence-electron chi connectivity index (χ2n) is 3.91. The zero-order chi connectivity index (χ0) is 12.1. The molecule has 0 fully saturated rings. The first-order valence-corrected chi connectivity index (χ1v) is 5.49. The number of nitrogen functional groups attached to an aromatic ring is 1. The topological polar surface area (TPSA) is 87.0 Å². The quantitative estimate of drug-likeness (QED) is 0.619. The Balaban J connectivity index is 2.00. The lowest BCUT2D eigenvalue weighted by molar-refractivity contribution is 0.274. The van der Waals surface area contributed by atoms with E-state index in [-0.39, 0.29) is 12.6 Å². The smallest absolute Gasteiger partial charge is 0.142 e. The van der Waals surface area contributed by atoms with Crippen molar-refractivity contribution in [2.75, 3.05) is 17.7 Å². The summed E-state index contributed by atoms with van der Waals surface area (Å²) in [5.74, 6) is 0.483. The largest absolute Gasteiger partial charge is 0.394 e. The van der Waals surface area contributed by atoms with Crippen LogP contribution in [0.4, 0.5) is 11.5 Å². The first-order valence-electron chi connectivity index (χ1n) is 5.49. The highest BCUT2D eigenvalue weighted by atomic mass is 16.3. The normalized spacial score (nSPS) is 12.3. The monoisotopic (exact) mass is 232 g/mol. The molecule has 90 valence electrons. The zero-order valence-corrected chi connectivity index (χ0v) is 9.43. The Labute approximate surface area is 99.7 Å². The van der Waals surface area contributed by atoms with Crippen LogP contribution in [0.1, 0.15) is 5.56 Å². The molecule has 2 aromatic rings. The second-order valence-corrected chi connectivity index (χ2v) is 3.91. The summed E-state index contributed by atoms with van der Waals surface area (Å²) >= 11 is 0. The molecule has 5 nitrogen and oxygen atoms in total. The molecule has 1 atom stereocenters. The van der Waals surface area contributed by atoms with Gasteiger partial charge in [-0.2, -0.15) is 5.10 Å². The molecule has 0 aliphatic carbocycles. The Morgan fingerprint density at radius 3 is 2.71 bits per heavy atom. The maximum atomic E-state index is 9.34. The van der Waals surface area contributed by atoms with Gasteiger partial charge in [0.15, 0.2) is 0 Å². The van der Waals surface area contributed by atoms with Crippen molar-refractivity contribution in [1.29, 1.82) is 0 Å². The summed E-state index contributed by atoms with van der Waals surface area (Å²) in [7, 11) is 0. The van der Waals surface area contributed by atoms with Gasteiger partial charge in [-0.1, -0.05) is 30.3 Å². The lowest BCUT2D eigenvalue weighted by Crippen LogP contribution is -2.26. The summed E-state index contributed by atoms with van der Waals surface area (Å²) < 4.78 is 0. The van der Waals surface area contributed by atoms with Crippen LogP contribution in [0.2, 0.25) is 0 Å². The summed E-state index contributed by atoms with van der Waals surface area (Å²) in [6.45, 7) is 0.0412. The molecule has 1 heterocycles. The molecule has 5 N–H and O–H groups in total. The van der Waals surface area contributed by atoms with E-state index in [1.54, 1.807) is 6.20 Å². The number of nitrogens with two attached hydrogens (primary N) is 1. The summed E-state index contributed by atoms with van der Waals surface area (Å²) in [5, 5.41) is 19.0. The molecule has 0 spiro atoms. The Morgan fingerprint density at radius 2 is 2.12 bits per heavy atom. The van der Waals surface area contributed by atoms with Gasteiger partial charge in [-0.15, -0.1) is 0 Å². The third-order valence-corrected chi connectivity index (χ3v) is 2.57. The van der Waals surface area contributed by atoms with Gasteiger partial charge in [0.05, 0.1) is 24.5 Å². The number of H-pyrrole nitrogens is 1. The molecule has 0 saturated carbocycles. The van der Waals surface area contributed by atoms with E-state index in [1.807, 2.05) is 30.3 Å². The number of aliphatic hydroxyl groups is 1. The summed E-state index contributed by atoms with van der Waals surface area (Å²) in [4.78, 5) is 0. The van der Waals surface area contributed by atoms with Crippen molar-refractivity contribution < 1.29 is 5.11 Å². The minimum atomic E-state index is -0.0719. The number of hydrogen-bond acceptors (Lipinski definition) is 4. The molecule has 1 aromatic heterocycles. The highest BCUT2D eigenvalue weighted by Crippen LogP contribution is 2.15. The number of anilines is 2. The molecule has 0 saturated heterocycles. The number of aromatic amines is 1. The van der Waals surface area contributed by atoms with Crippen LogP contribution >= 0.6 is 0 Å². The van der Waals surface area contributed by atoms with E-state index in [1.165, 1.54) is 5.56 Å². The molecular formula is C12H16N4O. The van der Waals surface area contributed by atoms with Crippen LogP contribution < -0.4 is 11.1 Å². The van der Waals surface area contributed by atoms with Gasteiger partial charge in [0, 0.05) is 0 Å². The van der Waals surface area contributed by atoms with Gasteiger partial charge in [0.2, 0.25) is 0 Å². The molecule has 0 radical (unpaired) electrons. The fourth-order valence-electron chi connectivity index (χ4n) is 1.69. The predicted molar refractivity (Wildman–Crippen MR) is 67.6 cm³/mol. The third-order valence-electron chi connectivity index (χ3n) is 2.57. The van der Waals surface area contributed by atoms with Crippen molar-refractivity contribution in [2.24, 2.45) is 0 Å². The average molecular weight is 232 g/mol. The predicted octanol–water partition coefficient (Wildman–Crippen LogP) is 1.01. The highest BCUT2D eigenvalue weighted by molar-refractivity contribution is 5.60. The van der Waals surface area contributed by atoms with E-state index < -0.39 is 0 Å². The van der Waals surface area contributed by atoms with Crippen molar-refractivity contribution in [2.45, 2.75) is 12.5 Å². The number of hydrogen-bond donors (Lipinski definition) is 4. The first kappa shape index (κ1) is 11.5. The van der Waals surface area contributed by atoms with Gasteiger partial charge in [-0.25, -0.2) is 0 Å². The van der Waals surface area contributed by atoms with Crippen LogP contribution in [-0.2, 0) is 6.42 Å². The lowest BCUT2D eigenvalue weighted by Gasteiger charge is -2.16. The van der Waals surface area contributed by atoms with Crippen LogP contribution in [0.25, 0.3) is 0 Å². The van der Waals surface area contributed by atoms with E-state index >= 15 is 0 Å². The van der Waals surface area contributed by atoms with Gasteiger partial charge in [-0.3, -0.25) is 5.10 Å². The van der Waals surface area contributed by atoms with Crippen molar-refractivity contribution in [1.82, 2.24) is 10.2 Å². The lowest BCUT2D eigenvalue weighted by atomic mass is 10.1. The maximum Gasteiger partial charge on any atom is 0.142 e. The Bertz CT molecular complexity index is 455. The summed E-state index contributed by atoms with van der Waals surface area (Å²) in [6, 6.07) is 9.93. The Kier molecular flexibility index (Phi) is 3.62. The number of aromatic nitrogens is 2. The van der Waals surface area contributed by atoms with E-state index in [0.29, 0.717) is 5.82 Å². The minimum Gasteiger partial charge on any atom is -0.394 e. The number of benzene rings is 1. The number of nitrogens with one attached hydrogen (secondary N) is 2. The highest BCUT2D eigenvalue weighted by Gasteiger charge is 2.10. The van der Waals surface area contributed by atoms with Gasteiger partial charge >= 0.3 is 0 Å². The molecular weight excluding hydrogens is 216 g/mol. The number of rotatable bonds is 5. The molecule has 1 aromatic carbocycles. The van der Waals surface area contributed by atoms with Gasteiger partial charge in [0.1, 0.15) is 5.82 Å². The minimum absolute atomic E-state index is 0.0412. The van der Waals surface area contributed by atoms with E-state index in [9.17, 15) is 5.11 Å². The molecule has 2 rings (SSSR count). The summed E-state index contributed by atoms with van der Waals surface area (Å²) in [6.07, 6.45) is 2.35. The molecule has 0 amide bonds. The van der Waals surface area contributed by atoms with Crippen LogP contribution in [0.3, 0.4) is 0 Å². The third kappa shape index (κ3) is 2.98. The van der Waals surface area contributed by atoms with Crippen molar-refractivity contribution in [3.63, 3.8) is 0 Å². The average Bonchev–Trinajstić information content (AvgIpc) is 2.75. The van der Waals surface area contributed by atoms with Crippen LogP contribution in [0.15, 0.2) is 36.5 Å². The maximum absolute atomic E-state index is 9.34. The van der Waals surface area contributed by atoms with Crippen LogP contribution in [-0.4, -0.2) is 28.0 Å². The van der Waals surface area contributed by atoms with Crippen molar-refractivity contribution >= 4 is 11.5 Å².